The fraction of sp³-hybridized carbons (Fsp3) is 0. The number of hydrogen-bond donors (Lipinski definition) is 0. The van der Waals surface area contributed by atoms with E-state index in [0.29, 0.717) is 0 Å². The molecule has 0 unspecified atom stereocenters. The van der Waals surface area contributed by atoms with E-state index in [1.165, 1.54) is 87.2 Å². The van der Waals surface area contributed by atoms with Crippen molar-refractivity contribution in [2.45, 2.75) is 0 Å². The highest BCUT2D eigenvalue weighted by molar-refractivity contribution is 6.26. The highest BCUT2D eigenvalue weighted by Crippen LogP contribution is 2.50. The summed E-state index contributed by atoms with van der Waals surface area (Å²) in [6, 6.07) is 110. The highest BCUT2D eigenvalue weighted by Gasteiger charge is 2.23. The Morgan fingerprint density at radius 2 is 0.525 bits per heavy atom. The van der Waals surface area contributed by atoms with Gasteiger partial charge in [-0.15, -0.1) is 0 Å². The molecule has 0 heterocycles. The van der Waals surface area contributed by atoms with E-state index in [1.807, 2.05) is 0 Å². The van der Waals surface area contributed by atoms with E-state index < -0.39 is 0 Å². The lowest BCUT2D eigenvalue weighted by atomic mass is 9.83. The van der Waals surface area contributed by atoms with Gasteiger partial charge in [0.2, 0.25) is 0 Å². The van der Waals surface area contributed by atoms with Crippen LogP contribution in [0.1, 0.15) is 22.3 Å². The van der Waals surface area contributed by atoms with E-state index in [2.05, 4.69) is 337 Å². The minimum Gasteiger partial charge on any atom is -0.310 e. The molecule has 0 saturated heterocycles. The second-order valence-corrected chi connectivity index (χ2v) is 20.4. The van der Waals surface area contributed by atoms with Gasteiger partial charge in [0.15, 0.2) is 0 Å². The number of fused-ring (bicyclic) bond motifs is 5. The lowest BCUT2D eigenvalue weighted by Crippen LogP contribution is -2.10. The van der Waals surface area contributed by atoms with Gasteiger partial charge in [0.1, 0.15) is 0 Å². The average Bonchev–Trinajstić information content (AvgIpc) is 3.61. The predicted molar refractivity (Wildman–Crippen MR) is 345 cm³/mol. The topological polar surface area (TPSA) is 6.48 Å². The van der Waals surface area contributed by atoms with E-state index in [-0.39, 0.29) is 0 Å². The van der Waals surface area contributed by atoms with Crippen molar-refractivity contribution >= 4 is 112 Å². The quantitative estimate of drug-likeness (QED) is 0.0889. The number of hydrogen-bond acceptors (Lipinski definition) is 2. The van der Waals surface area contributed by atoms with Crippen LogP contribution >= 0.6 is 0 Å². The van der Waals surface area contributed by atoms with Crippen molar-refractivity contribution in [3.8, 4) is 22.3 Å². The highest BCUT2D eigenvalue weighted by atomic mass is 15.1. The van der Waals surface area contributed by atoms with Gasteiger partial charge in [-0.05, 0) is 160 Å². The first-order valence-corrected chi connectivity index (χ1v) is 27.5. The van der Waals surface area contributed by atoms with Crippen LogP contribution < -0.4 is 9.80 Å². The molecule has 14 aromatic carbocycles. The smallest absolute Gasteiger partial charge is 0.0540 e. The zero-order chi connectivity index (χ0) is 53.2. The Hall–Kier alpha value is -10.5. The van der Waals surface area contributed by atoms with E-state index in [4.69, 9.17) is 0 Å². The monoisotopic (exact) mass is 1020 g/mol. The molecule has 0 aliphatic heterocycles. The van der Waals surface area contributed by atoms with Crippen LogP contribution in [0, 0.1) is 0 Å². The van der Waals surface area contributed by atoms with E-state index in [9.17, 15) is 0 Å². The predicted octanol–water partition coefficient (Wildman–Crippen LogP) is 22.1. The Labute approximate surface area is 467 Å². The number of rotatable bonds is 12. The Bertz CT molecular complexity index is 4350. The third-order valence-electron chi connectivity index (χ3n) is 15.6. The van der Waals surface area contributed by atoms with Gasteiger partial charge in [-0.1, -0.05) is 255 Å². The molecule has 0 radical (unpaired) electrons. The fourth-order valence-corrected chi connectivity index (χ4v) is 11.8. The molecule has 0 amide bonds. The van der Waals surface area contributed by atoms with Gasteiger partial charge in [-0.2, -0.15) is 0 Å². The van der Waals surface area contributed by atoms with Crippen LogP contribution in [0.3, 0.4) is 0 Å². The van der Waals surface area contributed by atoms with Crippen LogP contribution in [-0.4, -0.2) is 0 Å². The molecule has 0 atom stereocenters. The molecule has 0 N–H and O–H groups in total. The first-order valence-electron chi connectivity index (χ1n) is 27.5. The maximum absolute atomic E-state index is 2.44. The van der Waals surface area contributed by atoms with Crippen LogP contribution in [0.2, 0.25) is 0 Å². The molecule has 0 aromatic heterocycles. The van der Waals surface area contributed by atoms with Crippen LogP contribution in [0.4, 0.5) is 34.1 Å². The summed E-state index contributed by atoms with van der Waals surface area (Å²) in [6.07, 6.45) is 8.71. The van der Waals surface area contributed by atoms with Crippen LogP contribution in [0.5, 0.6) is 0 Å². The number of para-hydroxylation sites is 2. The molecule has 2 heteroatoms. The zero-order valence-corrected chi connectivity index (χ0v) is 44.1. The summed E-state index contributed by atoms with van der Waals surface area (Å²) in [5.74, 6) is 0. The summed E-state index contributed by atoms with van der Waals surface area (Å²) >= 11 is 0. The Kier molecular flexibility index (Phi) is 12.6. The molecule has 14 rings (SSSR count). The zero-order valence-electron chi connectivity index (χ0n) is 44.1. The third kappa shape index (κ3) is 9.05. The molecule has 0 bridgehead atoms. The normalized spacial score (nSPS) is 11.7. The van der Waals surface area contributed by atoms with E-state index >= 15 is 0 Å². The second-order valence-electron chi connectivity index (χ2n) is 20.4. The number of nitrogens with zero attached hydrogens (tertiary/aromatic N) is 2. The van der Waals surface area contributed by atoms with Crippen molar-refractivity contribution in [1.82, 2.24) is 0 Å². The average molecular weight is 1020 g/mol. The standard InChI is InChI=1S/C78H54N2/c1-5-21-55(22-6-1)39-41-57-43-47-63(48-44-57)79(61-27-9-3-10-28-61)75-38-20-35-68-70(75)36-19-37-71(68)77-65-31-15-13-25-59(65)54-74-73(77)53-60-26-14-16-32-66(60)78(74)72-51-52-76(69-34-18-17-33-67(69)72)80(62-29-11-4-12-30-62)64-49-45-58(46-50-64)42-40-56-23-7-2-8-24-56/h1-54H. The number of benzene rings is 14. The van der Waals surface area contributed by atoms with Crippen molar-refractivity contribution < 1.29 is 0 Å². The van der Waals surface area contributed by atoms with Crippen molar-refractivity contribution in [3.63, 3.8) is 0 Å². The summed E-state index contributed by atoms with van der Waals surface area (Å²) in [5.41, 5.74) is 16.1. The molecule has 80 heavy (non-hydrogen) atoms. The Morgan fingerprint density at radius 3 is 1.00 bits per heavy atom. The first-order chi connectivity index (χ1) is 39.7. The van der Waals surface area contributed by atoms with Gasteiger partial charge < -0.3 is 9.80 Å². The van der Waals surface area contributed by atoms with Crippen LogP contribution in [0.25, 0.3) is 100 Å². The van der Waals surface area contributed by atoms with Gasteiger partial charge in [0.05, 0.1) is 11.4 Å². The van der Waals surface area contributed by atoms with Crippen LogP contribution in [-0.2, 0) is 0 Å². The molecule has 0 spiro atoms. The summed E-state index contributed by atoms with van der Waals surface area (Å²) < 4.78 is 0. The van der Waals surface area contributed by atoms with Gasteiger partial charge in [0, 0.05) is 33.5 Å². The van der Waals surface area contributed by atoms with E-state index in [0.717, 1.165) is 45.3 Å². The SMILES string of the molecule is C(=Cc1ccc(N(c2ccccc2)c2cccc3c(-c4c5ccccc5cc5c(-c6ccc(N(c7ccccc7)c7ccc(C=Cc8ccccc8)cc7)c7ccccc67)c6ccccc6cc45)cccc23)cc1)c1ccccc1. The van der Waals surface area contributed by atoms with Crippen molar-refractivity contribution in [2.75, 3.05) is 9.80 Å². The van der Waals surface area contributed by atoms with Gasteiger partial charge in [-0.25, -0.2) is 0 Å². The lowest BCUT2D eigenvalue weighted by molar-refractivity contribution is 1.30. The Morgan fingerprint density at radius 1 is 0.200 bits per heavy atom. The first kappa shape index (κ1) is 47.9. The lowest BCUT2D eigenvalue weighted by Gasteiger charge is -2.28. The molecule has 376 valence electrons. The summed E-state index contributed by atoms with van der Waals surface area (Å²) in [6.45, 7) is 0. The Balaban J connectivity index is 0.941. The second kappa shape index (κ2) is 21.1. The molecule has 0 aliphatic carbocycles. The minimum atomic E-state index is 1.09. The molecule has 0 saturated carbocycles. The summed E-state index contributed by atoms with van der Waals surface area (Å²) in [5, 5.41) is 12.0. The van der Waals surface area contributed by atoms with Gasteiger partial charge in [-0.3, -0.25) is 0 Å². The molecule has 0 aliphatic rings. The van der Waals surface area contributed by atoms with Crippen LogP contribution in [0.15, 0.2) is 303 Å². The van der Waals surface area contributed by atoms with Gasteiger partial charge in [0.25, 0.3) is 0 Å². The fourth-order valence-electron chi connectivity index (χ4n) is 11.8. The van der Waals surface area contributed by atoms with Crippen molar-refractivity contribution in [2.24, 2.45) is 0 Å². The molecule has 2 nitrogen and oxygen atoms in total. The summed E-state index contributed by atoms with van der Waals surface area (Å²) in [7, 11) is 0. The molecule has 0 fully saturated rings. The molecule has 14 aromatic rings. The largest absolute Gasteiger partial charge is 0.310 e. The summed E-state index contributed by atoms with van der Waals surface area (Å²) in [4.78, 5) is 4.80. The maximum Gasteiger partial charge on any atom is 0.0540 e. The van der Waals surface area contributed by atoms with Gasteiger partial charge >= 0.3 is 0 Å². The third-order valence-corrected chi connectivity index (χ3v) is 15.6. The van der Waals surface area contributed by atoms with E-state index in [1.54, 1.807) is 0 Å². The van der Waals surface area contributed by atoms with Crippen molar-refractivity contribution in [1.29, 1.82) is 0 Å². The number of anilines is 6. The van der Waals surface area contributed by atoms with Crippen molar-refractivity contribution in [3.05, 3.63) is 326 Å². The maximum atomic E-state index is 2.44. The molecular formula is C78H54N2. The minimum absolute atomic E-state index is 1.09. The molecular weight excluding hydrogens is 965 g/mol.